The third-order valence-corrected chi connectivity index (χ3v) is 12.2. The molecule has 0 aliphatic heterocycles. The van der Waals surface area contributed by atoms with E-state index in [-0.39, 0.29) is 5.41 Å². The van der Waals surface area contributed by atoms with Crippen LogP contribution in [0.15, 0.2) is 186 Å². The molecule has 59 heavy (non-hydrogen) atoms. The molecule has 278 valence electrons. The van der Waals surface area contributed by atoms with Crippen molar-refractivity contribution in [1.82, 2.24) is 19.5 Å². The van der Waals surface area contributed by atoms with Crippen molar-refractivity contribution < 1.29 is 4.42 Å². The summed E-state index contributed by atoms with van der Waals surface area (Å²) in [4.78, 5) is 15.3. The zero-order valence-electron chi connectivity index (χ0n) is 32.5. The maximum Gasteiger partial charge on any atom is 0.164 e. The second-order valence-electron chi connectivity index (χ2n) is 16.0. The molecule has 12 rings (SSSR count). The largest absolute Gasteiger partial charge is 0.455 e. The van der Waals surface area contributed by atoms with Crippen LogP contribution in [0, 0.1) is 0 Å². The van der Waals surface area contributed by atoms with E-state index in [0.29, 0.717) is 17.5 Å². The van der Waals surface area contributed by atoms with Gasteiger partial charge in [-0.2, -0.15) is 0 Å². The van der Waals surface area contributed by atoms with Crippen molar-refractivity contribution >= 4 is 43.7 Å². The molecule has 0 saturated heterocycles. The Kier molecular flexibility index (Phi) is 7.20. The first-order chi connectivity index (χ1) is 29.0. The van der Waals surface area contributed by atoms with E-state index in [9.17, 15) is 0 Å². The number of rotatable bonds is 5. The quantitative estimate of drug-likeness (QED) is 0.175. The first kappa shape index (κ1) is 33.5. The van der Waals surface area contributed by atoms with Gasteiger partial charge in [-0.05, 0) is 52.1 Å². The fraction of sp³-hybridized carbons (Fsp3) is 0.0556. The minimum absolute atomic E-state index is 0.217. The van der Waals surface area contributed by atoms with Crippen molar-refractivity contribution in [2.24, 2.45) is 0 Å². The summed E-state index contributed by atoms with van der Waals surface area (Å²) in [6, 6.07) is 64.0. The first-order valence-corrected chi connectivity index (χ1v) is 20.1. The predicted molar refractivity (Wildman–Crippen MR) is 241 cm³/mol. The summed E-state index contributed by atoms with van der Waals surface area (Å²) in [6.07, 6.45) is 0. The average Bonchev–Trinajstić information content (AvgIpc) is 3.92. The number of fused-ring (bicyclic) bond motifs is 10. The minimum atomic E-state index is -0.217. The highest BCUT2D eigenvalue weighted by Gasteiger charge is 2.38. The van der Waals surface area contributed by atoms with Crippen LogP contribution in [0.5, 0.6) is 0 Å². The smallest absolute Gasteiger partial charge is 0.164 e. The Balaban J connectivity index is 1.19. The maximum atomic E-state index is 6.95. The van der Waals surface area contributed by atoms with Gasteiger partial charge >= 0.3 is 0 Å². The number of benzene rings is 8. The number of para-hydroxylation sites is 1. The summed E-state index contributed by atoms with van der Waals surface area (Å²) < 4.78 is 9.44. The highest BCUT2D eigenvalue weighted by Crippen LogP contribution is 2.53. The van der Waals surface area contributed by atoms with Crippen molar-refractivity contribution in [3.05, 3.63) is 193 Å². The van der Waals surface area contributed by atoms with Gasteiger partial charge in [-0.3, -0.25) is 0 Å². The van der Waals surface area contributed by atoms with Crippen LogP contribution >= 0.6 is 0 Å². The Hall–Kier alpha value is -7.63. The van der Waals surface area contributed by atoms with E-state index in [1.165, 1.54) is 38.5 Å². The molecular formula is C54H36N4O. The third-order valence-electron chi connectivity index (χ3n) is 12.2. The van der Waals surface area contributed by atoms with Crippen molar-refractivity contribution in [2.75, 3.05) is 0 Å². The summed E-state index contributed by atoms with van der Waals surface area (Å²) in [5, 5.41) is 4.43. The lowest BCUT2D eigenvalue weighted by molar-refractivity contribution is 0.663. The van der Waals surface area contributed by atoms with Crippen molar-refractivity contribution in [1.29, 1.82) is 0 Å². The number of nitrogens with zero attached hydrogens (tertiary/aromatic N) is 4. The van der Waals surface area contributed by atoms with Crippen LogP contribution in [0.3, 0.4) is 0 Å². The summed E-state index contributed by atoms with van der Waals surface area (Å²) in [5.41, 5.74) is 15.0. The third kappa shape index (κ3) is 5.01. The molecule has 0 radical (unpaired) electrons. The van der Waals surface area contributed by atoms with E-state index in [1.54, 1.807) is 0 Å². The second kappa shape index (κ2) is 12.7. The normalized spacial score (nSPS) is 13.1. The molecule has 0 fully saturated rings. The van der Waals surface area contributed by atoms with E-state index in [2.05, 4.69) is 134 Å². The molecule has 3 aromatic heterocycles. The summed E-state index contributed by atoms with van der Waals surface area (Å²) in [6.45, 7) is 4.74. The number of aromatic nitrogens is 4. The van der Waals surface area contributed by atoms with Gasteiger partial charge in [0.1, 0.15) is 11.2 Å². The van der Waals surface area contributed by atoms with Crippen molar-refractivity contribution in [2.45, 2.75) is 19.3 Å². The number of hydrogen-bond acceptors (Lipinski definition) is 4. The van der Waals surface area contributed by atoms with E-state index in [4.69, 9.17) is 19.4 Å². The molecule has 5 heteroatoms. The lowest BCUT2D eigenvalue weighted by Crippen LogP contribution is -2.16. The van der Waals surface area contributed by atoms with Gasteiger partial charge in [-0.1, -0.05) is 172 Å². The Bertz CT molecular complexity index is 3400. The molecular weight excluding hydrogens is 721 g/mol. The van der Waals surface area contributed by atoms with Crippen molar-refractivity contribution in [3.63, 3.8) is 0 Å². The van der Waals surface area contributed by atoms with Crippen LogP contribution in [0.1, 0.15) is 25.0 Å². The van der Waals surface area contributed by atoms with E-state index >= 15 is 0 Å². The zero-order valence-corrected chi connectivity index (χ0v) is 32.5. The summed E-state index contributed by atoms with van der Waals surface area (Å²) >= 11 is 0. The van der Waals surface area contributed by atoms with Gasteiger partial charge in [-0.15, -0.1) is 0 Å². The molecule has 0 amide bonds. The van der Waals surface area contributed by atoms with Gasteiger partial charge in [0.25, 0.3) is 0 Å². The predicted octanol–water partition coefficient (Wildman–Crippen LogP) is 13.8. The first-order valence-electron chi connectivity index (χ1n) is 20.1. The highest BCUT2D eigenvalue weighted by atomic mass is 16.3. The fourth-order valence-electron chi connectivity index (χ4n) is 9.57. The molecule has 0 N–H and O–H groups in total. The Morgan fingerprint density at radius 1 is 0.458 bits per heavy atom. The molecule has 3 heterocycles. The molecule has 1 aliphatic carbocycles. The van der Waals surface area contributed by atoms with E-state index in [1.807, 2.05) is 66.7 Å². The van der Waals surface area contributed by atoms with Gasteiger partial charge in [0.05, 0.1) is 11.0 Å². The van der Waals surface area contributed by atoms with Crippen LogP contribution in [-0.4, -0.2) is 19.5 Å². The maximum absolute atomic E-state index is 6.95. The lowest BCUT2D eigenvalue weighted by atomic mass is 9.81. The van der Waals surface area contributed by atoms with Crippen LogP contribution in [0.4, 0.5) is 0 Å². The molecule has 0 saturated carbocycles. The van der Waals surface area contributed by atoms with Gasteiger partial charge in [0, 0.05) is 54.9 Å². The van der Waals surface area contributed by atoms with Gasteiger partial charge < -0.3 is 8.98 Å². The average molecular weight is 757 g/mol. The minimum Gasteiger partial charge on any atom is -0.455 e. The number of furan rings is 1. The molecule has 5 nitrogen and oxygen atoms in total. The van der Waals surface area contributed by atoms with Crippen LogP contribution in [0.2, 0.25) is 0 Å². The van der Waals surface area contributed by atoms with Crippen LogP contribution < -0.4 is 0 Å². The molecule has 0 atom stereocenters. The topological polar surface area (TPSA) is 56.7 Å². The molecule has 0 bridgehead atoms. The van der Waals surface area contributed by atoms with Crippen LogP contribution in [-0.2, 0) is 5.41 Å². The summed E-state index contributed by atoms with van der Waals surface area (Å²) in [7, 11) is 0. The SMILES string of the molecule is CC1(C)c2ccccc2-c2ccc3c4ccccc4n(-c4cc(-c5ccccc5)c5oc6cccc(-c7nc(-c8ccccc8)nc(-c8ccccc8)n7)c6c5c4)c3c21. The molecule has 1 aliphatic rings. The number of hydrogen-bond donors (Lipinski definition) is 0. The summed E-state index contributed by atoms with van der Waals surface area (Å²) in [5.74, 6) is 1.83. The van der Waals surface area contributed by atoms with Gasteiger partial charge in [0.2, 0.25) is 0 Å². The Morgan fingerprint density at radius 3 is 1.80 bits per heavy atom. The monoisotopic (exact) mass is 756 g/mol. The molecule has 8 aromatic carbocycles. The lowest BCUT2D eigenvalue weighted by Gasteiger charge is -2.24. The standard InChI is InChI=1S/C54H36N4O/c1-54(2)44-26-14-12-23-37(44)39-29-30-40-38-24-13-15-27-45(38)58(49(40)48(39)54)36-31-42(33-17-6-3-7-18-33)50-43(32-36)47-41(25-16-28-46(47)59-50)53-56-51(34-19-8-4-9-20-34)55-52(57-53)35-21-10-5-11-22-35/h3-32H,1-2H3. The molecule has 0 spiro atoms. The Labute approximate surface area is 340 Å². The van der Waals surface area contributed by atoms with Gasteiger partial charge in [-0.25, -0.2) is 15.0 Å². The second-order valence-corrected chi connectivity index (χ2v) is 16.0. The Morgan fingerprint density at radius 2 is 1.07 bits per heavy atom. The van der Waals surface area contributed by atoms with Crippen LogP contribution in [0.25, 0.3) is 106 Å². The fourth-order valence-corrected chi connectivity index (χ4v) is 9.57. The van der Waals surface area contributed by atoms with Crippen molar-refractivity contribution in [3.8, 4) is 62.1 Å². The zero-order chi connectivity index (χ0) is 39.2. The van der Waals surface area contributed by atoms with E-state index in [0.717, 1.165) is 61.0 Å². The molecule has 0 unspecified atom stereocenters. The van der Waals surface area contributed by atoms with Gasteiger partial charge in [0.15, 0.2) is 17.5 Å². The van der Waals surface area contributed by atoms with E-state index < -0.39 is 0 Å². The highest BCUT2D eigenvalue weighted by molar-refractivity contribution is 6.17. The molecule has 11 aromatic rings.